The second-order valence-corrected chi connectivity index (χ2v) is 8.12. The molecule has 0 aliphatic carbocycles. The van der Waals surface area contributed by atoms with Crippen LogP contribution in [0.25, 0.3) is 10.7 Å². The molecule has 0 fully saturated rings. The zero-order chi connectivity index (χ0) is 22.2. The van der Waals surface area contributed by atoms with Gasteiger partial charge in [0, 0.05) is 30.3 Å². The van der Waals surface area contributed by atoms with E-state index in [0.717, 1.165) is 32.5 Å². The van der Waals surface area contributed by atoms with E-state index in [0.29, 0.717) is 19.6 Å². The molecule has 6 nitrogen and oxygen atoms in total. The number of rotatable bonds is 10. The van der Waals surface area contributed by atoms with E-state index in [2.05, 4.69) is 23.0 Å². The lowest BCUT2D eigenvalue weighted by molar-refractivity contribution is -0.156. The molecule has 0 amide bonds. The van der Waals surface area contributed by atoms with Gasteiger partial charge in [-0.2, -0.15) is 0 Å². The molecule has 0 aliphatic heterocycles. The lowest BCUT2D eigenvalue weighted by atomic mass is 10.1. The van der Waals surface area contributed by atoms with Crippen molar-refractivity contribution in [3.63, 3.8) is 0 Å². The highest BCUT2D eigenvalue weighted by molar-refractivity contribution is 7.15. The Balaban J connectivity index is 1.65. The summed E-state index contributed by atoms with van der Waals surface area (Å²) in [7, 11) is 0. The Morgan fingerprint density at radius 3 is 2.45 bits per heavy atom. The van der Waals surface area contributed by atoms with E-state index in [1.54, 1.807) is 30.7 Å². The molecule has 2 heterocycles. The summed E-state index contributed by atoms with van der Waals surface area (Å²) in [6.07, 6.45) is 3.26. The van der Waals surface area contributed by atoms with Crippen molar-refractivity contribution in [1.82, 2.24) is 9.97 Å². The number of carbonyl (C=O) groups is 1. The molecule has 164 valence electrons. The van der Waals surface area contributed by atoms with E-state index in [9.17, 15) is 4.79 Å². The molecule has 0 radical (unpaired) electrons. The Bertz CT molecular complexity index is 973. The van der Waals surface area contributed by atoms with Gasteiger partial charge < -0.3 is 14.2 Å². The minimum atomic E-state index is -0.594. The molecule has 0 saturated heterocycles. The van der Waals surface area contributed by atoms with Crippen LogP contribution >= 0.6 is 11.3 Å². The Kier molecular flexibility index (Phi) is 8.14. The van der Waals surface area contributed by atoms with Gasteiger partial charge >= 0.3 is 5.97 Å². The summed E-state index contributed by atoms with van der Waals surface area (Å²) in [6, 6.07) is 11.7. The second-order valence-electron chi connectivity index (χ2n) is 7.03. The van der Waals surface area contributed by atoms with Crippen molar-refractivity contribution in [3.8, 4) is 16.5 Å². The third kappa shape index (κ3) is 6.12. The molecular formula is C24H28N2O4S. The van der Waals surface area contributed by atoms with E-state index in [4.69, 9.17) is 14.2 Å². The molecule has 7 heteroatoms. The van der Waals surface area contributed by atoms with Crippen LogP contribution in [0.15, 0.2) is 48.8 Å². The summed E-state index contributed by atoms with van der Waals surface area (Å²) in [5, 5.41) is 0. The van der Waals surface area contributed by atoms with Gasteiger partial charge in [-0.05, 0) is 63.1 Å². The summed E-state index contributed by atoms with van der Waals surface area (Å²) in [6.45, 7) is 8.57. The molecule has 2 atom stereocenters. The number of benzene rings is 1. The second kappa shape index (κ2) is 11.0. The Labute approximate surface area is 187 Å². The van der Waals surface area contributed by atoms with Crippen molar-refractivity contribution in [1.29, 1.82) is 0 Å². The number of nitrogens with zero attached hydrogens (tertiary/aromatic N) is 2. The van der Waals surface area contributed by atoms with E-state index < -0.39 is 6.10 Å². The lowest BCUT2D eigenvalue weighted by Crippen LogP contribution is -2.28. The van der Waals surface area contributed by atoms with Crippen LogP contribution in [0.1, 0.15) is 42.9 Å². The molecule has 0 saturated carbocycles. The first kappa shape index (κ1) is 22.9. The van der Waals surface area contributed by atoms with Crippen molar-refractivity contribution in [2.45, 2.75) is 46.3 Å². The van der Waals surface area contributed by atoms with Crippen LogP contribution < -0.4 is 4.74 Å². The maximum atomic E-state index is 12.1. The molecular weight excluding hydrogens is 412 g/mol. The number of thiophene rings is 1. The quantitative estimate of drug-likeness (QED) is 0.405. The molecule has 1 aromatic carbocycles. The average molecular weight is 441 g/mol. The highest BCUT2D eigenvalue weighted by Crippen LogP contribution is 2.35. The molecule has 2 unspecified atom stereocenters. The van der Waals surface area contributed by atoms with Gasteiger partial charge in [-0.15, -0.1) is 11.3 Å². The van der Waals surface area contributed by atoms with Gasteiger partial charge in [0.1, 0.15) is 11.9 Å². The minimum Gasteiger partial charge on any atom is -0.485 e. The zero-order valence-corrected chi connectivity index (χ0v) is 19.1. The molecule has 0 N–H and O–H groups in total. The Morgan fingerprint density at radius 2 is 1.81 bits per heavy atom. The number of esters is 1. The topological polar surface area (TPSA) is 70.5 Å². The number of ether oxygens (including phenoxy) is 3. The fourth-order valence-corrected chi connectivity index (χ4v) is 4.36. The summed E-state index contributed by atoms with van der Waals surface area (Å²) < 4.78 is 16.8. The monoisotopic (exact) mass is 440 g/mol. The Morgan fingerprint density at radius 1 is 1.10 bits per heavy atom. The third-order valence-electron chi connectivity index (χ3n) is 4.69. The van der Waals surface area contributed by atoms with Gasteiger partial charge in [-0.3, -0.25) is 0 Å². The summed E-state index contributed by atoms with van der Waals surface area (Å²) >= 11 is 1.65. The smallest absolute Gasteiger partial charge is 0.335 e. The Hall–Kier alpha value is -2.77. The SMILES string of the molecule is CCOC(=O)C(Cc1ccc(OC(C)c2sc(-c3ncccn3)cc2C)cc1)OCC. The van der Waals surface area contributed by atoms with Gasteiger partial charge in [0.15, 0.2) is 11.9 Å². The molecule has 3 rings (SSSR count). The first-order valence-electron chi connectivity index (χ1n) is 10.4. The van der Waals surface area contributed by atoms with Crippen LogP contribution in [0.5, 0.6) is 5.75 Å². The van der Waals surface area contributed by atoms with Gasteiger partial charge in [0.2, 0.25) is 0 Å². The number of hydrogen-bond acceptors (Lipinski definition) is 7. The van der Waals surface area contributed by atoms with Gasteiger partial charge in [-0.1, -0.05) is 12.1 Å². The van der Waals surface area contributed by atoms with E-state index in [-0.39, 0.29) is 12.1 Å². The number of aromatic nitrogens is 2. The molecule has 3 aromatic rings. The first-order valence-corrected chi connectivity index (χ1v) is 11.2. The van der Waals surface area contributed by atoms with Crippen LogP contribution in [0, 0.1) is 6.92 Å². The van der Waals surface area contributed by atoms with Crippen molar-refractivity contribution >= 4 is 17.3 Å². The number of hydrogen-bond donors (Lipinski definition) is 0. The highest BCUT2D eigenvalue weighted by Gasteiger charge is 2.21. The summed E-state index contributed by atoms with van der Waals surface area (Å²) in [5.41, 5.74) is 2.15. The van der Waals surface area contributed by atoms with E-state index in [1.807, 2.05) is 44.2 Å². The van der Waals surface area contributed by atoms with Gasteiger partial charge in [0.05, 0.1) is 11.5 Å². The predicted octanol–water partition coefficient (Wildman–Crippen LogP) is 5.16. The molecule has 31 heavy (non-hydrogen) atoms. The fraction of sp³-hybridized carbons (Fsp3) is 0.375. The van der Waals surface area contributed by atoms with Gasteiger partial charge in [-0.25, -0.2) is 14.8 Å². The molecule has 0 spiro atoms. The first-order chi connectivity index (χ1) is 15.0. The van der Waals surface area contributed by atoms with Crippen LogP contribution in [-0.2, 0) is 20.7 Å². The minimum absolute atomic E-state index is 0.107. The standard InChI is InChI=1S/C24H28N2O4S/c1-5-28-20(24(27)29-6-2)15-18-8-10-19(11-9-18)30-17(4)22-16(3)14-21(31-22)23-25-12-7-13-26-23/h7-14,17,20H,5-6,15H2,1-4H3. The van der Waals surface area contributed by atoms with Crippen LogP contribution in [-0.4, -0.2) is 35.3 Å². The fourth-order valence-electron chi connectivity index (χ4n) is 3.26. The van der Waals surface area contributed by atoms with Crippen molar-refractivity contribution < 1.29 is 19.0 Å². The number of carbonyl (C=O) groups excluding carboxylic acids is 1. The molecule has 2 aromatic heterocycles. The average Bonchev–Trinajstić information content (AvgIpc) is 3.17. The maximum Gasteiger partial charge on any atom is 0.335 e. The largest absolute Gasteiger partial charge is 0.485 e. The zero-order valence-electron chi connectivity index (χ0n) is 18.3. The predicted molar refractivity (Wildman–Crippen MR) is 121 cm³/mol. The number of aryl methyl sites for hydroxylation is 1. The normalized spacial score (nSPS) is 12.9. The van der Waals surface area contributed by atoms with Crippen LogP contribution in [0.4, 0.5) is 0 Å². The van der Waals surface area contributed by atoms with E-state index in [1.165, 1.54) is 0 Å². The summed E-state index contributed by atoms with van der Waals surface area (Å²) in [5.74, 6) is 1.17. The van der Waals surface area contributed by atoms with Gasteiger partial charge in [0.25, 0.3) is 0 Å². The third-order valence-corrected chi connectivity index (χ3v) is 6.08. The van der Waals surface area contributed by atoms with Crippen molar-refractivity contribution in [2.24, 2.45) is 0 Å². The van der Waals surface area contributed by atoms with E-state index >= 15 is 0 Å². The lowest BCUT2D eigenvalue weighted by Gasteiger charge is -2.17. The molecule has 0 bridgehead atoms. The maximum absolute atomic E-state index is 12.1. The summed E-state index contributed by atoms with van der Waals surface area (Å²) in [4.78, 5) is 22.9. The highest BCUT2D eigenvalue weighted by atomic mass is 32.1. The van der Waals surface area contributed by atoms with Crippen molar-refractivity contribution in [3.05, 3.63) is 64.8 Å². The van der Waals surface area contributed by atoms with Crippen LogP contribution in [0.3, 0.4) is 0 Å². The molecule has 0 aliphatic rings. The van der Waals surface area contributed by atoms with Crippen molar-refractivity contribution in [2.75, 3.05) is 13.2 Å². The van der Waals surface area contributed by atoms with Crippen LogP contribution in [0.2, 0.25) is 0 Å².